The second kappa shape index (κ2) is 6.82. The van der Waals surface area contributed by atoms with Crippen molar-refractivity contribution in [2.24, 2.45) is 0 Å². The van der Waals surface area contributed by atoms with Gasteiger partial charge in [0.05, 0.1) is 17.8 Å². The number of ether oxygens (including phenoxy) is 1. The van der Waals surface area contributed by atoms with Crippen LogP contribution in [0.1, 0.15) is 0 Å². The zero-order chi connectivity index (χ0) is 18.0. The monoisotopic (exact) mass is 359 g/mol. The van der Waals surface area contributed by atoms with E-state index in [1.165, 1.54) is 18.5 Å². The summed E-state index contributed by atoms with van der Waals surface area (Å²) >= 11 is 5.95. The highest BCUT2D eigenvalue weighted by atomic mass is 35.5. The van der Waals surface area contributed by atoms with Gasteiger partial charge in [0.2, 0.25) is 0 Å². The Morgan fingerprint density at radius 3 is 2.56 bits per heavy atom. The van der Waals surface area contributed by atoms with Gasteiger partial charge in [-0.1, -0.05) is 11.6 Å². The van der Waals surface area contributed by atoms with Gasteiger partial charge >= 0.3 is 0 Å². The Morgan fingerprint density at radius 2 is 1.88 bits per heavy atom. The van der Waals surface area contributed by atoms with Crippen LogP contribution < -0.4 is 21.1 Å². The second-order valence-electron chi connectivity index (χ2n) is 5.17. The highest BCUT2D eigenvalue weighted by Gasteiger charge is 2.19. The molecule has 0 saturated carbocycles. The number of nitrogens with zero attached hydrogens (tertiary/aromatic N) is 3. The number of anilines is 5. The number of rotatable bonds is 4. The molecule has 1 heterocycles. The van der Waals surface area contributed by atoms with Crippen LogP contribution in [0.4, 0.5) is 33.1 Å². The first kappa shape index (κ1) is 16.8. The summed E-state index contributed by atoms with van der Waals surface area (Å²) in [5.41, 5.74) is 13.4. The van der Waals surface area contributed by atoms with Gasteiger partial charge in [0.1, 0.15) is 29.5 Å². The van der Waals surface area contributed by atoms with Crippen molar-refractivity contribution in [1.29, 1.82) is 0 Å². The molecule has 0 aliphatic carbocycles. The second-order valence-corrected chi connectivity index (χ2v) is 5.57. The van der Waals surface area contributed by atoms with E-state index in [2.05, 4.69) is 9.97 Å². The van der Waals surface area contributed by atoms with Crippen molar-refractivity contribution in [3.8, 4) is 5.75 Å². The molecule has 2 aromatic carbocycles. The minimum absolute atomic E-state index is 0.0209. The van der Waals surface area contributed by atoms with Crippen LogP contribution >= 0.6 is 11.6 Å². The lowest BCUT2D eigenvalue weighted by Crippen LogP contribution is -2.14. The van der Waals surface area contributed by atoms with Gasteiger partial charge in [-0.15, -0.1) is 0 Å². The van der Waals surface area contributed by atoms with Gasteiger partial charge in [-0.05, 0) is 36.4 Å². The van der Waals surface area contributed by atoms with Crippen LogP contribution in [-0.4, -0.2) is 17.1 Å². The van der Waals surface area contributed by atoms with Crippen molar-refractivity contribution >= 4 is 40.3 Å². The molecule has 0 amide bonds. The molecular weight excluding hydrogens is 345 g/mol. The van der Waals surface area contributed by atoms with Crippen molar-refractivity contribution < 1.29 is 9.13 Å². The number of aromatic nitrogens is 2. The van der Waals surface area contributed by atoms with Gasteiger partial charge < -0.3 is 16.2 Å². The molecule has 3 rings (SSSR count). The highest BCUT2D eigenvalue weighted by molar-refractivity contribution is 6.31. The molecule has 0 aliphatic rings. The third kappa shape index (κ3) is 3.41. The Morgan fingerprint density at radius 1 is 1.08 bits per heavy atom. The SMILES string of the molecule is COc1ccc(N)cc1N(c1ccc(F)c(Cl)c1)c1cc(N)ncn1. The molecule has 8 heteroatoms. The number of nitrogens with two attached hydrogens (primary N) is 2. The van der Waals surface area contributed by atoms with Gasteiger partial charge in [-0.25, -0.2) is 14.4 Å². The number of benzene rings is 2. The molecule has 6 nitrogen and oxygen atoms in total. The number of nitrogen functional groups attached to an aromatic ring is 2. The summed E-state index contributed by atoms with van der Waals surface area (Å²) in [5, 5.41) is -0.0209. The van der Waals surface area contributed by atoms with E-state index in [-0.39, 0.29) is 10.8 Å². The predicted molar refractivity (Wildman–Crippen MR) is 97.1 cm³/mol. The van der Waals surface area contributed by atoms with Crippen molar-refractivity contribution in [3.05, 3.63) is 59.6 Å². The van der Waals surface area contributed by atoms with E-state index in [1.54, 1.807) is 42.3 Å². The first-order valence-corrected chi connectivity index (χ1v) is 7.63. The standard InChI is InChI=1S/C17H15ClFN5O/c1-25-15-5-2-10(20)6-14(15)24(17-8-16(21)22-9-23-17)11-3-4-13(19)12(18)7-11/h2-9H,20H2,1H3,(H2,21,22,23). The Balaban J connectivity index is 2.26. The van der Waals surface area contributed by atoms with Crippen LogP contribution in [0.2, 0.25) is 5.02 Å². The van der Waals surface area contributed by atoms with Crippen LogP contribution in [0.15, 0.2) is 48.8 Å². The maximum atomic E-state index is 13.6. The minimum atomic E-state index is -0.521. The minimum Gasteiger partial charge on any atom is -0.495 e. The fraction of sp³-hybridized carbons (Fsp3) is 0.0588. The van der Waals surface area contributed by atoms with E-state index in [9.17, 15) is 4.39 Å². The molecule has 0 unspecified atom stereocenters. The van der Waals surface area contributed by atoms with Crippen molar-refractivity contribution in [3.63, 3.8) is 0 Å². The summed E-state index contributed by atoms with van der Waals surface area (Å²) in [6, 6.07) is 11.1. The van der Waals surface area contributed by atoms with Gasteiger partial charge in [0, 0.05) is 17.4 Å². The number of hydrogen-bond acceptors (Lipinski definition) is 6. The molecule has 4 N–H and O–H groups in total. The zero-order valence-corrected chi connectivity index (χ0v) is 14.0. The van der Waals surface area contributed by atoms with E-state index in [4.69, 9.17) is 27.8 Å². The fourth-order valence-corrected chi connectivity index (χ4v) is 2.56. The normalized spacial score (nSPS) is 10.5. The Labute approximate surface area is 148 Å². The molecule has 1 aromatic heterocycles. The summed E-state index contributed by atoms with van der Waals surface area (Å²) in [4.78, 5) is 9.86. The van der Waals surface area contributed by atoms with Gasteiger partial charge in [0.15, 0.2) is 0 Å². The maximum absolute atomic E-state index is 13.6. The lowest BCUT2D eigenvalue weighted by atomic mass is 10.2. The van der Waals surface area contributed by atoms with Crippen LogP contribution in [0.3, 0.4) is 0 Å². The molecule has 0 bridgehead atoms. The van der Waals surface area contributed by atoms with E-state index in [0.717, 1.165) is 0 Å². The van der Waals surface area contributed by atoms with Gasteiger partial charge in [-0.2, -0.15) is 0 Å². The van der Waals surface area contributed by atoms with Crippen LogP contribution in [0.5, 0.6) is 5.75 Å². The molecule has 25 heavy (non-hydrogen) atoms. The highest BCUT2D eigenvalue weighted by Crippen LogP contribution is 2.41. The Bertz CT molecular complexity index is 921. The molecule has 0 atom stereocenters. The Hall–Kier alpha value is -3.06. The fourth-order valence-electron chi connectivity index (χ4n) is 2.38. The van der Waals surface area contributed by atoms with Crippen LogP contribution in [-0.2, 0) is 0 Å². The summed E-state index contributed by atoms with van der Waals surface area (Å²) in [6.45, 7) is 0. The Kier molecular flexibility index (Phi) is 4.58. The molecule has 0 radical (unpaired) electrons. The first-order chi connectivity index (χ1) is 12.0. The topological polar surface area (TPSA) is 90.3 Å². The largest absolute Gasteiger partial charge is 0.495 e. The molecule has 0 fully saturated rings. The zero-order valence-electron chi connectivity index (χ0n) is 13.3. The number of halogens is 2. The molecule has 0 saturated heterocycles. The third-order valence-corrected chi connectivity index (χ3v) is 3.80. The van der Waals surface area contributed by atoms with Crippen molar-refractivity contribution in [1.82, 2.24) is 9.97 Å². The van der Waals surface area contributed by atoms with Gasteiger partial charge in [0.25, 0.3) is 0 Å². The van der Waals surface area contributed by atoms with Crippen molar-refractivity contribution in [2.45, 2.75) is 0 Å². The van der Waals surface area contributed by atoms with E-state index in [0.29, 0.717) is 28.6 Å². The number of hydrogen-bond donors (Lipinski definition) is 2. The average molecular weight is 360 g/mol. The summed E-state index contributed by atoms with van der Waals surface area (Å²) in [7, 11) is 1.54. The molecule has 0 aliphatic heterocycles. The first-order valence-electron chi connectivity index (χ1n) is 7.26. The van der Waals surface area contributed by atoms with Gasteiger partial charge in [-0.3, -0.25) is 4.90 Å². The summed E-state index contributed by atoms with van der Waals surface area (Å²) in [5.74, 6) is 0.768. The van der Waals surface area contributed by atoms with Crippen LogP contribution in [0.25, 0.3) is 0 Å². The van der Waals surface area contributed by atoms with E-state index < -0.39 is 5.82 Å². The smallest absolute Gasteiger partial charge is 0.143 e. The van der Waals surface area contributed by atoms with E-state index >= 15 is 0 Å². The number of methoxy groups -OCH3 is 1. The predicted octanol–water partition coefficient (Wildman–Crippen LogP) is 3.91. The quantitative estimate of drug-likeness (QED) is 0.686. The molecular formula is C17H15ClFN5O. The lowest BCUT2D eigenvalue weighted by Gasteiger charge is -2.26. The van der Waals surface area contributed by atoms with E-state index in [1.807, 2.05) is 0 Å². The maximum Gasteiger partial charge on any atom is 0.143 e. The van der Waals surface area contributed by atoms with Crippen molar-refractivity contribution in [2.75, 3.05) is 23.5 Å². The summed E-state index contributed by atoms with van der Waals surface area (Å²) < 4.78 is 19.0. The van der Waals surface area contributed by atoms with Crippen LogP contribution in [0, 0.1) is 5.82 Å². The molecule has 3 aromatic rings. The lowest BCUT2D eigenvalue weighted by molar-refractivity contribution is 0.416. The third-order valence-electron chi connectivity index (χ3n) is 3.51. The molecule has 128 valence electrons. The molecule has 0 spiro atoms. The average Bonchev–Trinajstić information content (AvgIpc) is 2.59. The summed E-state index contributed by atoms with van der Waals surface area (Å²) in [6.07, 6.45) is 1.33.